The molecule has 0 bridgehead atoms. The maximum atomic E-state index is 4.95. The number of H-pyrrole nitrogens is 1. The van der Waals surface area contributed by atoms with Crippen LogP contribution in [-0.2, 0) is 0 Å². The zero-order valence-corrected chi connectivity index (χ0v) is 14.4. The summed E-state index contributed by atoms with van der Waals surface area (Å²) in [5.41, 5.74) is 7.85. The van der Waals surface area contributed by atoms with E-state index in [0.717, 1.165) is 56.7 Å². The Kier molecular flexibility index (Phi) is 3.12. The Balaban J connectivity index is 1.84. The number of rotatable bonds is 1. The summed E-state index contributed by atoms with van der Waals surface area (Å²) in [4.78, 5) is 21.6. The fourth-order valence-electron chi connectivity index (χ4n) is 3.47. The summed E-state index contributed by atoms with van der Waals surface area (Å²) in [5, 5.41) is 3.37. The number of fused-ring (bicyclic) bond motifs is 5. The molecule has 126 valence electrons. The minimum atomic E-state index is 0.776. The fourth-order valence-corrected chi connectivity index (χ4v) is 3.47. The third-order valence-electron chi connectivity index (χ3n) is 4.70. The summed E-state index contributed by atoms with van der Waals surface area (Å²) in [6.07, 6.45) is 7.20. The van der Waals surface area contributed by atoms with E-state index >= 15 is 0 Å². The van der Waals surface area contributed by atoms with Gasteiger partial charge in [0.25, 0.3) is 0 Å². The first-order chi connectivity index (χ1) is 12.7. The van der Waals surface area contributed by atoms with Gasteiger partial charge in [0, 0.05) is 41.0 Å². The molecule has 6 nitrogen and oxygen atoms in total. The lowest BCUT2D eigenvalue weighted by atomic mass is 10.1. The van der Waals surface area contributed by atoms with E-state index in [1.54, 1.807) is 12.4 Å². The molecule has 0 unspecified atom stereocenters. The van der Waals surface area contributed by atoms with Gasteiger partial charge in [-0.25, -0.2) is 9.97 Å². The van der Waals surface area contributed by atoms with Crippen molar-refractivity contribution in [3.63, 3.8) is 0 Å². The van der Waals surface area contributed by atoms with Gasteiger partial charge in [-0.05, 0) is 43.7 Å². The number of anilines is 2. The Hall–Kier alpha value is -3.54. The quantitative estimate of drug-likeness (QED) is 0.476. The van der Waals surface area contributed by atoms with Gasteiger partial charge in [0.15, 0.2) is 0 Å². The van der Waals surface area contributed by atoms with E-state index in [4.69, 9.17) is 4.98 Å². The monoisotopic (exact) mass is 340 g/mol. The van der Waals surface area contributed by atoms with E-state index in [9.17, 15) is 0 Å². The molecule has 26 heavy (non-hydrogen) atoms. The van der Waals surface area contributed by atoms with Gasteiger partial charge in [0.1, 0.15) is 17.3 Å². The van der Waals surface area contributed by atoms with Gasteiger partial charge in [0.2, 0.25) is 0 Å². The predicted octanol–water partition coefficient (Wildman–Crippen LogP) is 4.27. The minimum absolute atomic E-state index is 0.776. The molecule has 6 heteroatoms. The van der Waals surface area contributed by atoms with Crippen LogP contribution in [-0.4, -0.2) is 24.9 Å². The molecule has 4 aromatic heterocycles. The summed E-state index contributed by atoms with van der Waals surface area (Å²) in [6.45, 7) is 4.08. The molecule has 1 aliphatic heterocycles. The second-order valence-corrected chi connectivity index (χ2v) is 6.34. The zero-order chi connectivity index (χ0) is 17.7. The summed E-state index contributed by atoms with van der Waals surface area (Å²) in [5.74, 6) is 1.59. The SMILES string of the molecule is Cc1ccnc(C)c1-c1nc2c([nH]1)-c1ccncc1Nc1ncccc1-2. The molecule has 5 heterocycles. The molecule has 0 saturated carbocycles. The molecule has 0 radical (unpaired) electrons. The average Bonchev–Trinajstić information content (AvgIpc) is 3.02. The molecule has 1 aliphatic rings. The lowest BCUT2D eigenvalue weighted by molar-refractivity contribution is 1.15. The Morgan fingerprint density at radius 2 is 1.85 bits per heavy atom. The van der Waals surface area contributed by atoms with Crippen LogP contribution in [0.5, 0.6) is 0 Å². The van der Waals surface area contributed by atoms with Crippen LogP contribution >= 0.6 is 0 Å². The van der Waals surface area contributed by atoms with Crippen molar-refractivity contribution in [3.8, 4) is 33.9 Å². The molecule has 0 spiro atoms. The molecule has 0 fully saturated rings. The Labute approximate surface area is 150 Å². The predicted molar refractivity (Wildman–Crippen MR) is 101 cm³/mol. The van der Waals surface area contributed by atoms with Crippen molar-refractivity contribution in [1.82, 2.24) is 24.9 Å². The van der Waals surface area contributed by atoms with Crippen LogP contribution in [0.1, 0.15) is 11.3 Å². The fraction of sp³-hybridized carbons (Fsp3) is 0.100. The molecular weight excluding hydrogens is 324 g/mol. The molecule has 0 aromatic carbocycles. The van der Waals surface area contributed by atoms with Crippen LogP contribution in [0, 0.1) is 13.8 Å². The van der Waals surface area contributed by atoms with Gasteiger partial charge < -0.3 is 10.3 Å². The summed E-state index contributed by atoms with van der Waals surface area (Å²) in [6, 6.07) is 7.94. The van der Waals surface area contributed by atoms with E-state index in [1.807, 2.05) is 43.6 Å². The van der Waals surface area contributed by atoms with Crippen molar-refractivity contribution < 1.29 is 0 Å². The number of nitrogens with one attached hydrogen (secondary N) is 2. The molecule has 4 aromatic rings. The van der Waals surface area contributed by atoms with E-state index < -0.39 is 0 Å². The first-order valence-corrected chi connectivity index (χ1v) is 8.42. The van der Waals surface area contributed by atoms with Crippen molar-refractivity contribution in [2.45, 2.75) is 13.8 Å². The Bertz CT molecular complexity index is 1060. The lowest BCUT2D eigenvalue weighted by Gasteiger charge is -2.08. The summed E-state index contributed by atoms with van der Waals surface area (Å²) >= 11 is 0. The average molecular weight is 340 g/mol. The maximum absolute atomic E-state index is 4.95. The molecule has 0 atom stereocenters. The number of aryl methyl sites for hydroxylation is 2. The number of hydrogen-bond acceptors (Lipinski definition) is 5. The first-order valence-electron chi connectivity index (χ1n) is 8.42. The van der Waals surface area contributed by atoms with Crippen molar-refractivity contribution >= 4 is 11.5 Å². The highest BCUT2D eigenvalue weighted by molar-refractivity contribution is 5.95. The largest absolute Gasteiger partial charge is 0.338 e. The number of pyridine rings is 3. The van der Waals surface area contributed by atoms with Crippen molar-refractivity contribution in [1.29, 1.82) is 0 Å². The topological polar surface area (TPSA) is 79.4 Å². The maximum Gasteiger partial charge on any atom is 0.140 e. The Morgan fingerprint density at radius 1 is 0.923 bits per heavy atom. The highest BCUT2D eigenvalue weighted by atomic mass is 15.0. The van der Waals surface area contributed by atoms with Crippen LogP contribution in [0.25, 0.3) is 33.9 Å². The second kappa shape index (κ2) is 5.49. The molecule has 0 saturated heterocycles. The van der Waals surface area contributed by atoms with Gasteiger partial charge in [-0.3, -0.25) is 9.97 Å². The summed E-state index contributed by atoms with van der Waals surface area (Å²) in [7, 11) is 0. The van der Waals surface area contributed by atoms with Crippen molar-refractivity contribution in [2.24, 2.45) is 0 Å². The van der Waals surface area contributed by atoms with Gasteiger partial charge in [0.05, 0.1) is 17.6 Å². The molecule has 2 N–H and O–H groups in total. The van der Waals surface area contributed by atoms with Crippen LogP contribution in [0.15, 0.2) is 49.1 Å². The normalized spacial score (nSPS) is 11.8. The molecule has 0 aliphatic carbocycles. The third kappa shape index (κ3) is 2.12. The first kappa shape index (κ1) is 14.8. The Morgan fingerprint density at radius 3 is 2.73 bits per heavy atom. The third-order valence-corrected chi connectivity index (χ3v) is 4.70. The van der Waals surface area contributed by atoms with Gasteiger partial charge in [-0.1, -0.05) is 0 Å². The minimum Gasteiger partial charge on any atom is -0.338 e. The van der Waals surface area contributed by atoms with Crippen LogP contribution in [0.3, 0.4) is 0 Å². The summed E-state index contributed by atoms with van der Waals surface area (Å²) < 4.78 is 0. The number of hydrogen-bond donors (Lipinski definition) is 2. The number of aromatic nitrogens is 5. The lowest BCUT2D eigenvalue weighted by Crippen LogP contribution is -1.96. The van der Waals surface area contributed by atoms with Crippen LogP contribution in [0.4, 0.5) is 11.5 Å². The van der Waals surface area contributed by atoms with Gasteiger partial charge in [-0.15, -0.1) is 0 Å². The standard InChI is InChI=1S/C20H16N6/c1-11-5-9-22-12(2)16(11)20-25-17-13-6-8-21-10-15(13)24-19-14(18(17)26-20)4-3-7-23-19/h3-10H,1-2H3,(H,23,24)(H,25,26). The van der Waals surface area contributed by atoms with Crippen molar-refractivity contribution in [2.75, 3.05) is 5.32 Å². The molecular formula is C20H16N6. The van der Waals surface area contributed by atoms with Gasteiger partial charge >= 0.3 is 0 Å². The van der Waals surface area contributed by atoms with E-state index in [-0.39, 0.29) is 0 Å². The number of aromatic amines is 1. The van der Waals surface area contributed by atoms with E-state index in [0.29, 0.717) is 0 Å². The van der Waals surface area contributed by atoms with Crippen LogP contribution < -0.4 is 5.32 Å². The highest BCUT2D eigenvalue weighted by Crippen LogP contribution is 2.43. The highest BCUT2D eigenvalue weighted by Gasteiger charge is 2.24. The number of imidazole rings is 1. The van der Waals surface area contributed by atoms with E-state index in [2.05, 4.69) is 32.2 Å². The molecule has 5 rings (SSSR count). The zero-order valence-electron chi connectivity index (χ0n) is 14.4. The second-order valence-electron chi connectivity index (χ2n) is 6.34. The molecule has 0 amide bonds. The van der Waals surface area contributed by atoms with Crippen LogP contribution in [0.2, 0.25) is 0 Å². The smallest absolute Gasteiger partial charge is 0.140 e. The van der Waals surface area contributed by atoms with Gasteiger partial charge in [-0.2, -0.15) is 0 Å². The number of nitrogens with zero attached hydrogens (tertiary/aromatic N) is 4. The van der Waals surface area contributed by atoms with E-state index in [1.165, 1.54) is 0 Å². The van der Waals surface area contributed by atoms with Crippen molar-refractivity contribution in [3.05, 3.63) is 60.3 Å².